The zero-order chi connectivity index (χ0) is 25.5. The van der Waals surface area contributed by atoms with E-state index >= 15 is 0 Å². The van der Waals surface area contributed by atoms with E-state index in [9.17, 15) is 18.4 Å². The zero-order valence-electron chi connectivity index (χ0n) is 19.4. The molecular formula is C29H20F2N4O2. The first-order chi connectivity index (χ1) is 18.0. The van der Waals surface area contributed by atoms with Gasteiger partial charge in [-0.2, -0.15) is 8.78 Å². The van der Waals surface area contributed by atoms with Gasteiger partial charge in [0.1, 0.15) is 12.4 Å². The highest BCUT2D eigenvalue weighted by Crippen LogP contribution is 2.30. The molecule has 0 unspecified atom stereocenters. The fourth-order valence-corrected chi connectivity index (χ4v) is 4.74. The first kappa shape index (κ1) is 22.6. The largest absolute Gasteiger partial charge is 0.331 e. The average molecular weight is 495 g/mol. The Kier molecular flexibility index (Phi) is 5.49. The molecule has 0 aliphatic rings. The molecule has 0 radical (unpaired) electrons. The molecule has 0 aliphatic heterocycles. The van der Waals surface area contributed by atoms with Crippen molar-refractivity contribution in [2.75, 3.05) is 5.32 Å². The molecule has 0 atom stereocenters. The van der Waals surface area contributed by atoms with Crippen molar-refractivity contribution in [1.82, 2.24) is 14.1 Å². The molecule has 0 bridgehead atoms. The van der Waals surface area contributed by atoms with E-state index in [1.807, 2.05) is 28.8 Å². The summed E-state index contributed by atoms with van der Waals surface area (Å²) < 4.78 is 30.4. The molecule has 1 N–H and O–H groups in total. The van der Waals surface area contributed by atoms with Crippen LogP contribution in [-0.4, -0.2) is 20.0 Å². The van der Waals surface area contributed by atoms with Gasteiger partial charge in [0.2, 0.25) is 5.91 Å². The van der Waals surface area contributed by atoms with Crippen LogP contribution in [0.25, 0.3) is 44.2 Å². The molecule has 0 saturated carbocycles. The number of fused-ring (bicyclic) bond motifs is 3. The van der Waals surface area contributed by atoms with E-state index in [1.54, 1.807) is 72.8 Å². The van der Waals surface area contributed by atoms with Crippen LogP contribution in [0, 0.1) is 0 Å². The number of rotatable bonds is 5. The number of nitrogens with zero attached hydrogens (tertiary/aromatic N) is 3. The number of amides is 1. The lowest BCUT2D eigenvalue weighted by atomic mass is 10.1. The molecule has 0 aliphatic carbocycles. The molecule has 1 amide bonds. The number of pyridine rings is 1. The Labute approximate surface area is 209 Å². The minimum Gasteiger partial charge on any atom is -0.331 e. The normalized spacial score (nSPS) is 11.5. The molecular weight excluding hydrogens is 474 g/mol. The highest BCUT2D eigenvalue weighted by atomic mass is 19.3. The van der Waals surface area contributed by atoms with Gasteiger partial charge in [0.25, 0.3) is 0 Å². The number of halogens is 2. The first-order valence-corrected chi connectivity index (χ1v) is 11.7. The Morgan fingerprint density at radius 2 is 1.35 bits per heavy atom. The Hall–Kier alpha value is -4.85. The summed E-state index contributed by atoms with van der Waals surface area (Å²) in [4.78, 5) is 30.3. The third-order valence-corrected chi connectivity index (χ3v) is 6.40. The number of benzene rings is 4. The summed E-state index contributed by atoms with van der Waals surface area (Å²) in [6, 6.07) is 27.8. The second kappa shape index (κ2) is 8.98. The molecule has 6 nitrogen and oxygen atoms in total. The van der Waals surface area contributed by atoms with Crippen LogP contribution < -0.4 is 10.7 Å². The van der Waals surface area contributed by atoms with E-state index in [4.69, 9.17) is 0 Å². The van der Waals surface area contributed by atoms with Crippen LogP contribution in [0.1, 0.15) is 6.55 Å². The number of anilines is 1. The van der Waals surface area contributed by atoms with Gasteiger partial charge in [-0.3, -0.25) is 14.2 Å². The fourth-order valence-electron chi connectivity index (χ4n) is 4.74. The predicted octanol–water partition coefficient (Wildman–Crippen LogP) is 6.21. The Balaban J connectivity index is 1.30. The highest BCUT2D eigenvalue weighted by Gasteiger charge is 2.19. The van der Waals surface area contributed by atoms with E-state index in [2.05, 4.69) is 10.3 Å². The van der Waals surface area contributed by atoms with Gasteiger partial charge in [-0.15, -0.1) is 0 Å². The smallest absolute Gasteiger partial charge is 0.320 e. The van der Waals surface area contributed by atoms with Crippen molar-refractivity contribution in [2.45, 2.75) is 13.1 Å². The number of aromatic nitrogens is 3. The van der Waals surface area contributed by atoms with Crippen LogP contribution in [0.3, 0.4) is 0 Å². The monoisotopic (exact) mass is 494 g/mol. The lowest BCUT2D eigenvalue weighted by Gasteiger charge is -2.15. The Morgan fingerprint density at radius 3 is 1.97 bits per heavy atom. The predicted molar refractivity (Wildman–Crippen MR) is 141 cm³/mol. The van der Waals surface area contributed by atoms with Crippen molar-refractivity contribution in [3.05, 3.63) is 107 Å². The molecule has 0 saturated heterocycles. The average Bonchev–Trinajstić information content (AvgIpc) is 3.31. The van der Waals surface area contributed by atoms with Crippen LogP contribution in [-0.2, 0) is 11.3 Å². The minimum atomic E-state index is -2.75. The van der Waals surface area contributed by atoms with Gasteiger partial charge in [-0.05, 0) is 60.7 Å². The summed E-state index contributed by atoms with van der Waals surface area (Å²) >= 11 is 0. The van der Waals surface area contributed by atoms with E-state index in [0.29, 0.717) is 44.1 Å². The van der Waals surface area contributed by atoms with E-state index in [-0.39, 0.29) is 23.7 Å². The van der Waals surface area contributed by atoms with Crippen molar-refractivity contribution in [3.63, 3.8) is 0 Å². The van der Waals surface area contributed by atoms with Crippen LogP contribution in [0.2, 0.25) is 0 Å². The van der Waals surface area contributed by atoms with Crippen LogP contribution in [0.5, 0.6) is 0 Å². The fraction of sp³-hybridized carbons (Fsp3) is 0.0690. The van der Waals surface area contributed by atoms with Gasteiger partial charge in [0.05, 0.1) is 22.1 Å². The molecule has 0 spiro atoms. The van der Waals surface area contributed by atoms with Crippen molar-refractivity contribution in [1.29, 1.82) is 0 Å². The molecule has 182 valence electrons. The molecule has 0 fully saturated rings. The maximum Gasteiger partial charge on any atom is 0.320 e. The second-order valence-corrected chi connectivity index (χ2v) is 8.65. The standard InChI is InChI=1S/C29H20F2N4O2/c30-29(31)35-25-12-6-3-9-22(25)33-28(35)18-13-15-19(16-14-18)32-26(36)17-34-23-10-4-1-7-20(23)27(37)21-8-2-5-11-24(21)34/h1-16,29H,17H2,(H,32,36). The summed E-state index contributed by atoms with van der Waals surface area (Å²) in [7, 11) is 0. The summed E-state index contributed by atoms with van der Waals surface area (Å²) in [5.41, 5.74) is 3.12. The molecule has 37 heavy (non-hydrogen) atoms. The maximum absolute atomic E-state index is 13.8. The van der Waals surface area contributed by atoms with Crippen LogP contribution in [0.15, 0.2) is 102 Å². The lowest BCUT2D eigenvalue weighted by Crippen LogP contribution is -2.21. The summed E-state index contributed by atoms with van der Waals surface area (Å²) in [6.45, 7) is -2.76. The quantitative estimate of drug-likeness (QED) is 0.290. The van der Waals surface area contributed by atoms with Gasteiger partial charge in [0.15, 0.2) is 5.43 Å². The number of hydrogen-bond donors (Lipinski definition) is 1. The third kappa shape index (κ3) is 3.92. The number of carbonyl (C=O) groups is 1. The van der Waals surface area contributed by atoms with Gasteiger partial charge in [-0.25, -0.2) is 4.98 Å². The lowest BCUT2D eigenvalue weighted by molar-refractivity contribution is -0.116. The number of imidazole rings is 1. The van der Waals surface area contributed by atoms with Gasteiger partial charge < -0.3 is 9.88 Å². The van der Waals surface area contributed by atoms with Crippen molar-refractivity contribution < 1.29 is 13.6 Å². The number of nitrogens with one attached hydrogen (secondary N) is 1. The number of carbonyl (C=O) groups excluding carboxylic acids is 1. The summed E-state index contributed by atoms with van der Waals surface area (Å²) in [6.07, 6.45) is 0. The third-order valence-electron chi connectivity index (χ3n) is 6.40. The van der Waals surface area contributed by atoms with Gasteiger partial charge in [-0.1, -0.05) is 36.4 Å². The van der Waals surface area contributed by atoms with Crippen LogP contribution >= 0.6 is 0 Å². The summed E-state index contributed by atoms with van der Waals surface area (Å²) in [5.74, 6) is -0.133. The number of hydrogen-bond acceptors (Lipinski definition) is 3. The van der Waals surface area contributed by atoms with E-state index < -0.39 is 6.55 Å². The van der Waals surface area contributed by atoms with Crippen LogP contribution in [0.4, 0.5) is 14.5 Å². The molecule has 6 aromatic rings. The van der Waals surface area contributed by atoms with E-state index in [1.165, 1.54) is 0 Å². The zero-order valence-corrected chi connectivity index (χ0v) is 19.4. The minimum absolute atomic E-state index is 0.00969. The SMILES string of the molecule is O=C(Cn1c2ccccc2c(=O)c2ccccc21)Nc1ccc(-c2nc3ccccc3n2C(F)F)cc1. The van der Waals surface area contributed by atoms with Crippen molar-refractivity contribution >= 4 is 44.4 Å². The number of alkyl halides is 2. The van der Waals surface area contributed by atoms with Crippen molar-refractivity contribution in [2.24, 2.45) is 0 Å². The number of para-hydroxylation sites is 4. The van der Waals surface area contributed by atoms with E-state index in [0.717, 1.165) is 4.57 Å². The molecule has 4 aromatic carbocycles. The highest BCUT2D eigenvalue weighted by molar-refractivity contribution is 5.97. The van der Waals surface area contributed by atoms with Gasteiger partial charge in [0, 0.05) is 22.0 Å². The molecule has 2 aromatic heterocycles. The Morgan fingerprint density at radius 1 is 0.784 bits per heavy atom. The Bertz CT molecular complexity index is 1800. The van der Waals surface area contributed by atoms with Gasteiger partial charge >= 0.3 is 6.55 Å². The second-order valence-electron chi connectivity index (χ2n) is 8.65. The molecule has 2 heterocycles. The molecule has 6 rings (SSSR count). The van der Waals surface area contributed by atoms with Crippen molar-refractivity contribution in [3.8, 4) is 11.4 Å². The first-order valence-electron chi connectivity index (χ1n) is 11.7. The topological polar surface area (TPSA) is 68.9 Å². The summed E-state index contributed by atoms with van der Waals surface area (Å²) in [5, 5.41) is 3.95. The molecule has 8 heteroatoms. The maximum atomic E-state index is 13.8.